The topological polar surface area (TPSA) is 89.0 Å². The Labute approximate surface area is 123 Å². The molecule has 0 saturated carbocycles. The van der Waals surface area contributed by atoms with Crippen LogP contribution in [0.4, 0.5) is 0 Å². The van der Waals surface area contributed by atoms with Crippen molar-refractivity contribution in [1.82, 2.24) is 10.7 Å². The first-order valence-corrected chi connectivity index (χ1v) is 6.27. The van der Waals surface area contributed by atoms with Crippen LogP contribution in [0.25, 0.3) is 0 Å². The normalized spacial score (nSPS) is 9.52. The number of methoxy groups -OCH3 is 2. The van der Waals surface area contributed by atoms with E-state index in [1.165, 1.54) is 14.2 Å². The van der Waals surface area contributed by atoms with Crippen molar-refractivity contribution in [3.8, 4) is 11.5 Å². The number of ether oxygens (including phenoxy) is 2. The second-order valence-electron chi connectivity index (χ2n) is 4.38. The third-order valence-electron chi connectivity index (χ3n) is 2.43. The lowest BCUT2D eigenvalue weighted by Gasteiger charge is -2.09. The van der Waals surface area contributed by atoms with E-state index in [1.807, 2.05) is 0 Å². The summed E-state index contributed by atoms with van der Waals surface area (Å²) in [5.74, 6) is 0.185. The molecule has 0 bridgehead atoms. The number of amides is 2. The molecule has 0 aromatic heterocycles. The summed E-state index contributed by atoms with van der Waals surface area (Å²) in [6, 6.07) is 4.77. The molecule has 7 heteroatoms. The van der Waals surface area contributed by atoms with Crippen LogP contribution in [0.3, 0.4) is 0 Å². The van der Waals surface area contributed by atoms with Gasteiger partial charge in [-0.15, -0.1) is 0 Å². The van der Waals surface area contributed by atoms with Gasteiger partial charge in [0.2, 0.25) is 0 Å². The summed E-state index contributed by atoms with van der Waals surface area (Å²) in [5, 5.41) is 6.25. The van der Waals surface area contributed by atoms with E-state index in [2.05, 4.69) is 15.8 Å². The van der Waals surface area contributed by atoms with E-state index in [1.54, 1.807) is 32.0 Å². The highest BCUT2D eigenvalue weighted by atomic mass is 16.5. The lowest BCUT2D eigenvalue weighted by atomic mass is 10.2. The standard InChI is InChI=1S/C14H19N3O4/c1-9(2)16-17-13(18)8-15-14(19)10-5-11(20-3)7-12(6-10)21-4/h5-7H,8H2,1-4H3,(H,15,19)(H,17,18). The van der Waals surface area contributed by atoms with Crippen molar-refractivity contribution in [2.24, 2.45) is 5.10 Å². The van der Waals surface area contributed by atoms with Crippen molar-refractivity contribution in [2.45, 2.75) is 13.8 Å². The smallest absolute Gasteiger partial charge is 0.259 e. The number of hydrogen-bond acceptors (Lipinski definition) is 5. The monoisotopic (exact) mass is 293 g/mol. The molecule has 0 saturated heterocycles. The molecule has 1 aromatic carbocycles. The van der Waals surface area contributed by atoms with Gasteiger partial charge in [-0.2, -0.15) is 5.10 Å². The number of rotatable bonds is 6. The van der Waals surface area contributed by atoms with Crippen LogP contribution >= 0.6 is 0 Å². The molecule has 0 spiro atoms. The molecule has 2 amide bonds. The number of carbonyl (C=O) groups excluding carboxylic acids is 2. The second kappa shape index (κ2) is 7.88. The van der Waals surface area contributed by atoms with Crippen LogP contribution in [0.2, 0.25) is 0 Å². The van der Waals surface area contributed by atoms with Crippen LogP contribution in [-0.4, -0.2) is 38.3 Å². The molecule has 0 aliphatic rings. The molecule has 0 radical (unpaired) electrons. The van der Waals surface area contributed by atoms with Gasteiger partial charge in [-0.3, -0.25) is 9.59 Å². The first-order valence-electron chi connectivity index (χ1n) is 6.27. The van der Waals surface area contributed by atoms with E-state index in [9.17, 15) is 9.59 Å². The summed E-state index contributed by atoms with van der Waals surface area (Å²) in [6.07, 6.45) is 0. The van der Waals surface area contributed by atoms with E-state index < -0.39 is 11.8 Å². The van der Waals surface area contributed by atoms with Crippen LogP contribution in [0.1, 0.15) is 24.2 Å². The van der Waals surface area contributed by atoms with Crippen molar-refractivity contribution >= 4 is 17.5 Å². The van der Waals surface area contributed by atoms with E-state index in [4.69, 9.17) is 9.47 Å². The molecule has 2 N–H and O–H groups in total. The summed E-state index contributed by atoms with van der Waals surface area (Å²) in [7, 11) is 2.99. The van der Waals surface area contributed by atoms with Gasteiger partial charge < -0.3 is 14.8 Å². The Morgan fingerprint density at radius 3 is 2.14 bits per heavy atom. The average Bonchev–Trinajstić information content (AvgIpc) is 2.49. The van der Waals surface area contributed by atoms with Gasteiger partial charge in [0.15, 0.2) is 0 Å². The minimum atomic E-state index is -0.403. The van der Waals surface area contributed by atoms with E-state index in [-0.39, 0.29) is 6.54 Å². The molecule has 0 unspecified atom stereocenters. The molecule has 21 heavy (non-hydrogen) atoms. The molecular formula is C14H19N3O4. The zero-order valence-corrected chi connectivity index (χ0v) is 12.5. The molecule has 0 aliphatic heterocycles. The molecule has 1 rings (SSSR count). The fraction of sp³-hybridized carbons (Fsp3) is 0.357. The van der Waals surface area contributed by atoms with Crippen LogP contribution < -0.4 is 20.2 Å². The number of nitrogens with zero attached hydrogens (tertiary/aromatic N) is 1. The molecule has 0 atom stereocenters. The predicted molar refractivity (Wildman–Crippen MR) is 78.8 cm³/mol. The van der Waals surface area contributed by atoms with Gasteiger partial charge in [0.1, 0.15) is 11.5 Å². The van der Waals surface area contributed by atoms with Crippen molar-refractivity contribution in [2.75, 3.05) is 20.8 Å². The quantitative estimate of drug-likeness (QED) is 0.603. The highest BCUT2D eigenvalue weighted by Gasteiger charge is 2.11. The van der Waals surface area contributed by atoms with E-state index in [0.29, 0.717) is 22.8 Å². The highest BCUT2D eigenvalue weighted by Crippen LogP contribution is 2.22. The molecule has 1 aromatic rings. The predicted octanol–water partition coefficient (Wildman–Crippen LogP) is 0.946. The minimum absolute atomic E-state index is 0.171. The number of hydrogen-bond donors (Lipinski definition) is 2. The lowest BCUT2D eigenvalue weighted by Crippen LogP contribution is -2.35. The van der Waals surface area contributed by atoms with Crippen molar-refractivity contribution in [3.63, 3.8) is 0 Å². The summed E-state index contributed by atoms with van der Waals surface area (Å²) in [5.41, 5.74) is 3.38. The lowest BCUT2D eigenvalue weighted by molar-refractivity contribution is -0.120. The molecule has 7 nitrogen and oxygen atoms in total. The van der Waals surface area contributed by atoms with Gasteiger partial charge in [0.25, 0.3) is 11.8 Å². The van der Waals surface area contributed by atoms with Crippen molar-refractivity contribution in [1.29, 1.82) is 0 Å². The minimum Gasteiger partial charge on any atom is -0.497 e. The Bertz CT molecular complexity index is 529. The molecule has 114 valence electrons. The maximum Gasteiger partial charge on any atom is 0.259 e. The van der Waals surface area contributed by atoms with Crippen LogP contribution in [0.5, 0.6) is 11.5 Å². The summed E-state index contributed by atoms with van der Waals surface area (Å²) < 4.78 is 10.2. The molecule has 0 fully saturated rings. The van der Waals surface area contributed by atoms with Crippen LogP contribution in [-0.2, 0) is 4.79 Å². The summed E-state index contributed by atoms with van der Waals surface area (Å²) >= 11 is 0. The van der Waals surface area contributed by atoms with Gasteiger partial charge >= 0.3 is 0 Å². The Kier molecular flexibility index (Phi) is 6.19. The molecule has 0 heterocycles. The molecular weight excluding hydrogens is 274 g/mol. The Morgan fingerprint density at radius 1 is 1.10 bits per heavy atom. The third-order valence-corrected chi connectivity index (χ3v) is 2.43. The number of hydrazone groups is 1. The largest absolute Gasteiger partial charge is 0.497 e. The van der Waals surface area contributed by atoms with Gasteiger partial charge in [0, 0.05) is 17.3 Å². The summed E-state index contributed by atoms with van der Waals surface area (Å²) in [4.78, 5) is 23.4. The first kappa shape index (κ1) is 16.5. The fourth-order valence-corrected chi connectivity index (χ4v) is 1.41. The van der Waals surface area contributed by atoms with Crippen molar-refractivity contribution < 1.29 is 19.1 Å². The van der Waals surface area contributed by atoms with Crippen LogP contribution in [0.15, 0.2) is 23.3 Å². The Hall–Kier alpha value is -2.57. The Balaban J connectivity index is 2.67. The number of nitrogens with one attached hydrogen (secondary N) is 2. The second-order valence-corrected chi connectivity index (χ2v) is 4.38. The zero-order chi connectivity index (χ0) is 15.8. The number of benzene rings is 1. The highest BCUT2D eigenvalue weighted by molar-refractivity contribution is 5.97. The van der Waals surface area contributed by atoms with Crippen LogP contribution in [0, 0.1) is 0 Å². The van der Waals surface area contributed by atoms with E-state index in [0.717, 1.165) is 0 Å². The van der Waals surface area contributed by atoms with Crippen molar-refractivity contribution in [3.05, 3.63) is 23.8 Å². The average molecular weight is 293 g/mol. The van der Waals surface area contributed by atoms with Gasteiger partial charge in [-0.05, 0) is 26.0 Å². The van der Waals surface area contributed by atoms with Gasteiger partial charge in [-0.25, -0.2) is 5.43 Å². The third kappa shape index (κ3) is 5.52. The SMILES string of the molecule is COc1cc(OC)cc(C(=O)NCC(=O)NN=C(C)C)c1. The van der Waals surface area contributed by atoms with E-state index >= 15 is 0 Å². The maximum atomic E-state index is 12.0. The zero-order valence-electron chi connectivity index (χ0n) is 12.5. The Morgan fingerprint density at radius 2 is 1.67 bits per heavy atom. The summed E-state index contributed by atoms with van der Waals surface area (Å²) in [6.45, 7) is 3.33. The fourth-order valence-electron chi connectivity index (χ4n) is 1.41. The first-order chi connectivity index (χ1) is 9.96. The van der Waals surface area contributed by atoms with Gasteiger partial charge in [-0.1, -0.05) is 0 Å². The maximum absolute atomic E-state index is 12.0. The molecule has 0 aliphatic carbocycles. The van der Waals surface area contributed by atoms with Gasteiger partial charge in [0.05, 0.1) is 20.8 Å². The number of carbonyl (C=O) groups is 2.